The van der Waals surface area contributed by atoms with Gasteiger partial charge in [0.1, 0.15) is 4.90 Å². The minimum Gasteiger partial charge on any atom is -0.379 e. The Bertz CT molecular complexity index is 913. The number of morpholine rings is 1. The van der Waals surface area contributed by atoms with Crippen molar-refractivity contribution >= 4 is 27.5 Å². The standard InChI is InChI=1S/C20H23ClN2O4S/c21-18-9-8-17(15-19(18)28(25,26)23-11-13-27-14-12-23)20(24)22-10-4-7-16-5-2-1-3-6-16/h1-3,5-6,8-9,15H,4,7,10-14H2,(H,22,24). The van der Waals surface area contributed by atoms with Crippen molar-refractivity contribution in [2.75, 3.05) is 32.8 Å². The summed E-state index contributed by atoms with van der Waals surface area (Å²) in [6.45, 7) is 1.74. The quantitative estimate of drug-likeness (QED) is 0.696. The van der Waals surface area contributed by atoms with E-state index in [1.807, 2.05) is 30.3 Å². The van der Waals surface area contributed by atoms with Crippen molar-refractivity contribution in [1.29, 1.82) is 0 Å². The Kier molecular flexibility index (Phi) is 7.07. The molecule has 0 spiro atoms. The van der Waals surface area contributed by atoms with Crippen LogP contribution in [0.3, 0.4) is 0 Å². The molecule has 1 aliphatic rings. The molecule has 1 saturated heterocycles. The number of nitrogens with zero attached hydrogens (tertiary/aromatic N) is 1. The van der Waals surface area contributed by atoms with Gasteiger partial charge in [0.25, 0.3) is 5.91 Å². The van der Waals surface area contributed by atoms with Gasteiger partial charge in [-0.1, -0.05) is 41.9 Å². The lowest BCUT2D eigenvalue weighted by atomic mass is 10.1. The van der Waals surface area contributed by atoms with Crippen molar-refractivity contribution in [3.8, 4) is 0 Å². The lowest BCUT2D eigenvalue weighted by molar-refractivity contribution is 0.0730. The summed E-state index contributed by atoms with van der Waals surface area (Å²) in [5, 5.41) is 2.94. The van der Waals surface area contributed by atoms with Crippen LogP contribution in [0.2, 0.25) is 5.02 Å². The highest BCUT2D eigenvalue weighted by molar-refractivity contribution is 7.89. The molecule has 0 radical (unpaired) electrons. The zero-order valence-electron chi connectivity index (χ0n) is 15.4. The third-order valence-corrected chi connectivity index (χ3v) is 6.93. The number of hydrogen-bond acceptors (Lipinski definition) is 4. The Morgan fingerprint density at radius 1 is 1.11 bits per heavy atom. The number of halogens is 1. The number of hydrogen-bond donors (Lipinski definition) is 1. The van der Waals surface area contributed by atoms with E-state index in [0.29, 0.717) is 19.8 Å². The number of amides is 1. The number of ether oxygens (including phenoxy) is 1. The predicted molar refractivity (Wildman–Crippen MR) is 108 cm³/mol. The second-order valence-corrected chi connectivity index (χ2v) is 8.82. The summed E-state index contributed by atoms with van der Waals surface area (Å²) in [5.41, 5.74) is 1.48. The van der Waals surface area contributed by atoms with Crippen molar-refractivity contribution in [3.63, 3.8) is 0 Å². The van der Waals surface area contributed by atoms with Crippen LogP contribution in [0, 0.1) is 0 Å². The molecule has 0 atom stereocenters. The number of sulfonamides is 1. The Hall–Kier alpha value is -1.93. The van der Waals surface area contributed by atoms with Crippen LogP contribution < -0.4 is 5.32 Å². The Morgan fingerprint density at radius 2 is 1.82 bits per heavy atom. The van der Waals surface area contributed by atoms with Crippen LogP contribution in [0.25, 0.3) is 0 Å². The molecule has 2 aromatic carbocycles. The average molecular weight is 423 g/mol. The van der Waals surface area contributed by atoms with E-state index in [4.69, 9.17) is 16.3 Å². The molecule has 1 fully saturated rings. The van der Waals surface area contributed by atoms with E-state index in [2.05, 4.69) is 5.32 Å². The molecule has 1 heterocycles. The van der Waals surface area contributed by atoms with Crippen LogP contribution in [0.4, 0.5) is 0 Å². The molecule has 28 heavy (non-hydrogen) atoms. The normalized spacial score (nSPS) is 15.3. The zero-order valence-corrected chi connectivity index (χ0v) is 17.0. The monoisotopic (exact) mass is 422 g/mol. The fourth-order valence-electron chi connectivity index (χ4n) is 3.01. The molecule has 1 N–H and O–H groups in total. The Labute approximate surface area is 170 Å². The Morgan fingerprint density at radius 3 is 2.54 bits per heavy atom. The van der Waals surface area contributed by atoms with Gasteiger partial charge in [0, 0.05) is 25.2 Å². The van der Waals surface area contributed by atoms with Gasteiger partial charge in [-0.05, 0) is 36.6 Å². The highest BCUT2D eigenvalue weighted by Gasteiger charge is 2.29. The van der Waals surface area contributed by atoms with Gasteiger partial charge in [0.2, 0.25) is 10.0 Å². The fourth-order valence-corrected chi connectivity index (χ4v) is 4.92. The minimum absolute atomic E-state index is 0.0481. The van der Waals surface area contributed by atoms with E-state index in [0.717, 1.165) is 12.8 Å². The number of nitrogens with one attached hydrogen (secondary N) is 1. The molecule has 150 valence electrons. The van der Waals surface area contributed by atoms with Crippen molar-refractivity contribution in [1.82, 2.24) is 9.62 Å². The number of carbonyl (C=O) groups is 1. The van der Waals surface area contributed by atoms with E-state index in [9.17, 15) is 13.2 Å². The first-order chi connectivity index (χ1) is 13.5. The summed E-state index contributed by atoms with van der Waals surface area (Å²) >= 11 is 6.13. The largest absolute Gasteiger partial charge is 0.379 e. The van der Waals surface area contributed by atoms with E-state index in [1.54, 1.807) is 0 Å². The summed E-state index contributed by atoms with van der Waals surface area (Å²) in [6, 6.07) is 14.4. The molecule has 1 aliphatic heterocycles. The van der Waals surface area contributed by atoms with E-state index >= 15 is 0 Å². The van der Waals surface area contributed by atoms with Gasteiger partial charge in [-0.25, -0.2) is 8.42 Å². The molecule has 0 aliphatic carbocycles. The molecule has 2 aromatic rings. The highest BCUT2D eigenvalue weighted by Crippen LogP contribution is 2.26. The van der Waals surface area contributed by atoms with Crippen LogP contribution in [0.15, 0.2) is 53.4 Å². The number of benzene rings is 2. The first-order valence-corrected chi connectivity index (χ1v) is 11.0. The van der Waals surface area contributed by atoms with Crippen LogP contribution in [-0.4, -0.2) is 51.5 Å². The van der Waals surface area contributed by atoms with Crippen molar-refractivity contribution < 1.29 is 17.9 Å². The molecule has 0 saturated carbocycles. The summed E-state index contributed by atoms with van der Waals surface area (Å²) in [7, 11) is -3.77. The first-order valence-electron chi connectivity index (χ1n) is 9.18. The Balaban J connectivity index is 1.64. The van der Waals surface area contributed by atoms with Crippen LogP contribution in [0.5, 0.6) is 0 Å². The van der Waals surface area contributed by atoms with Crippen LogP contribution in [-0.2, 0) is 21.2 Å². The van der Waals surface area contributed by atoms with Crippen LogP contribution >= 0.6 is 11.6 Å². The molecular formula is C20H23ClN2O4S. The summed E-state index contributed by atoms with van der Waals surface area (Å²) in [5.74, 6) is -0.317. The van der Waals surface area contributed by atoms with Gasteiger partial charge in [-0.3, -0.25) is 4.79 Å². The molecule has 8 heteroatoms. The number of rotatable bonds is 7. The summed E-state index contributed by atoms with van der Waals surface area (Å²) < 4.78 is 32.2. The minimum atomic E-state index is -3.77. The van der Waals surface area contributed by atoms with Crippen LogP contribution in [0.1, 0.15) is 22.3 Å². The summed E-state index contributed by atoms with van der Waals surface area (Å²) in [4.78, 5) is 12.4. The third kappa shape index (κ3) is 5.11. The molecule has 6 nitrogen and oxygen atoms in total. The second-order valence-electron chi connectivity index (χ2n) is 6.51. The second kappa shape index (κ2) is 9.52. The lowest BCUT2D eigenvalue weighted by Crippen LogP contribution is -2.40. The van der Waals surface area contributed by atoms with Gasteiger partial charge < -0.3 is 10.1 Å². The molecule has 3 rings (SSSR count). The number of aryl methyl sites for hydroxylation is 1. The van der Waals surface area contributed by atoms with Crippen molar-refractivity contribution in [3.05, 3.63) is 64.7 Å². The fraction of sp³-hybridized carbons (Fsp3) is 0.350. The van der Waals surface area contributed by atoms with E-state index < -0.39 is 10.0 Å². The maximum Gasteiger partial charge on any atom is 0.251 e. The highest BCUT2D eigenvalue weighted by atomic mass is 35.5. The van der Waals surface area contributed by atoms with E-state index in [-0.39, 0.29) is 34.5 Å². The SMILES string of the molecule is O=C(NCCCc1ccccc1)c1ccc(Cl)c(S(=O)(=O)N2CCOCC2)c1. The first kappa shape index (κ1) is 20.8. The maximum atomic E-state index is 12.9. The van der Waals surface area contributed by atoms with Gasteiger partial charge in [-0.2, -0.15) is 4.31 Å². The third-order valence-electron chi connectivity index (χ3n) is 4.55. The number of carbonyl (C=O) groups excluding carboxylic acids is 1. The van der Waals surface area contributed by atoms with Crippen molar-refractivity contribution in [2.45, 2.75) is 17.7 Å². The van der Waals surface area contributed by atoms with Gasteiger partial charge >= 0.3 is 0 Å². The van der Waals surface area contributed by atoms with Gasteiger partial charge in [-0.15, -0.1) is 0 Å². The van der Waals surface area contributed by atoms with Gasteiger partial charge in [0.15, 0.2) is 0 Å². The zero-order chi connectivity index (χ0) is 20.0. The lowest BCUT2D eigenvalue weighted by Gasteiger charge is -2.26. The maximum absolute atomic E-state index is 12.9. The predicted octanol–water partition coefficient (Wildman–Crippen LogP) is 2.72. The smallest absolute Gasteiger partial charge is 0.251 e. The molecule has 0 bridgehead atoms. The topological polar surface area (TPSA) is 75.7 Å². The summed E-state index contributed by atoms with van der Waals surface area (Å²) in [6.07, 6.45) is 1.65. The average Bonchev–Trinajstić information content (AvgIpc) is 2.72. The van der Waals surface area contributed by atoms with E-state index in [1.165, 1.54) is 28.1 Å². The molecule has 0 aromatic heterocycles. The van der Waals surface area contributed by atoms with Gasteiger partial charge in [0.05, 0.1) is 18.2 Å². The van der Waals surface area contributed by atoms with Crippen molar-refractivity contribution in [2.24, 2.45) is 0 Å². The molecule has 0 unspecified atom stereocenters. The molecular weight excluding hydrogens is 400 g/mol. The molecule has 1 amide bonds.